The quantitative estimate of drug-likeness (QED) is 0.916. The van der Waals surface area contributed by atoms with Crippen LogP contribution in [0.5, 0.6) is 0 Å². The van der Waals surface area contributed by atoms with E-state index in [0.29, 0.717) is 6.54 Å². The molecule has 0 unspecified atom stereocenters. The second-order valence-corrected chi connectivity index (χ2v) is 5.53. The van der Waals surface area contributed by atoms with Crippen LogP contribution in [0.2, 0.25) is 0 Å². The molecule has 0 fully saturated rings. The lowest BCUT2D eigenvalue weighted by molar-refractivity contribution is 0.529. The van der Waals surface area contributed by atoms with Crippen LogP contribution in [0.3, 0.4) is 0 Å². The number of benzene rings is 1. The molecule has 0 saturated heterocycles. The summed E-state index contributed by atoms with van der Waals surface area (Å²) in [7, 11) is 2.08. The fraction of sp³-hybridized carbons (Fsp3) is 0.333. The van der Waals surface area contributed by atoms with Crippen molar-refractivity contribution in [2.75, 3.05) is 18.5 Å². The van der Waals surface area contributed by atoms with Crippen LogP contribution < -0.4 is 10.6 Å². The Bertz CT molecular complexity index is 551. The standard InChI is InChI=1S/C15H19BrN2O/c1-11-13(6-8-19-11)10-18(2)14-4-3-12(5-7-17)15(16)9-14/h3-4,6,8-9H,5,7,10,17H2,1-2H3. The lowest BCUT2D eigenvalue weighted by Gasteiger charge is -2.20. The molecule has 0 amide bonds. The van der Waals surface area contributed by atoms with Crippen molar-refractivity contribution in [1.82, 2.24) is 0 Å². The van der Waals surface area contributed by atoms with Crippen LogP contribution in [0.15, 0.2) is 39.4 Å². The molecule has 102 valence electrons. The molecule has 0 radical (unpaired) electrons. The SMILES string of the molecule is Cc1occc1CN(C)c1ccc(CCN)c(Br)c1. The van der Waals surface area contributed by atoms with E-state index in [1.807, 2.05) is 13.0 Å². The van der Waals surface area contributed by atoms with Gasteiger partial charge in [0.15, 0.2) is 0 Å². The number of anilines is 1. The zero-order valence-electron chi connectivity index (χ0n) is 11.3. The van der Waals surface area contributed by atoms with E-state index >= 15 is 0 Å². The number of aryl methyl sites for hydroxylation is 1. The number of nitrogens with two attached hydrogens (primary N) is 1. The van der Waals surface area contributed by atoms with Gasteiger partial charge in [0.05, 0.1) is 6.26 Å². The van der Waals surface area contributed by atoms with Crippen LogP contribution in [-0.2, 0) is 13.0 Å². The third-order valence-electron chi connectivity index (χ3n) is 3.26. The van der Waals surface area contributed by atoms with Crippen LogP contribution in [-0.4, -0.2) is 13.6 Å². The normalized spacial score (nSPS) is 10.7. The zero-order valence-corrected chi connectivity index (χ0v) is 12.9. The Labute approximate surface area is 122 Å². The molecule has 3 nitrogen and oxygen atoms in total. The number of rotatable bonds is 5. The molecule has 1 aromatic carbocycles. The highest BCUT2D eigenvalue weighted by Crippen LogP contribution is 2.25. The van der Waals surface area contributed by atoms with Gasteiger partial charge in [0.1, 0.15) is 5.76 Å². The van der Waals surface area contributed by atoms with Crippen molar-refractivity contribution in [2.45, 2.75) is 19.9 Å². The van der Waals surface area contributed by atoms with E-state index in [1.54, 1.807) is 6.26 Å². The highest BCUT2D eigenvalue weighted by molar-refractivity contribution is 9.10. The van der Waals surface area contributed by atoms with Crippen LogP contribution in [0, 0.1) is 6.92 Å². The lowest BCUT2D eigenvalue weighted by atomic mass is 10.1. The molecular formula is C15H19BrN2O. The predicted molar refractivity (Wildman–Crippen MR) is 82.5 cm³/mol. The third kappa shape index (κ3) is 3.39. The van der Waals surface area contributed by atoms with Gasteiger partial charge in [-0.05, 0) is 43.7 Å². The van der Waals surface area contributed by atoms with E-state index < -0.39 is 0 Å². The number of halogens is 1. The number of nitrogens with zero attached hydrogens (tertiary/aromatic N) is 1. The molecule has 2 N–H and O–H groups in total. The molecule has 0 bridgehead atoms. The average Bonchev–Trinajstić information content (AvgIpc) is 2.78. The Balaban J connectivity index is 2.13. The fourth-order valence-corrected chi connectivity index (χ4v) is 2.62. The van der Waals surface area contributed by atoms with Crippen molar-refractivity contribution in [3.8, 4) is 0 Å². The first-order chi connectivity index (χ1) is 9.11. The summed E-state index contributed by atoms with van der Waals surface area (Å²) < 4.78 is 6.44. The maximum Gasteiger partial charge on any atom is 0.105 e. The summed E-state index contributed by atoms with van der Waals surface area (Å²) in [6.07, 6.45) is 2.63. The fourth-order valence-electron chi connectivity index (χ4n) is 2.05. The Morgan fingerprint density at radius 1 is 1.26 bits per heavy atom. The van der Waals surface area contributed by atoms with Gasteiger partial charge < -0.3 is 15.1 Å². The van der Waals surface area contributed by atoms with Crippen LogP contribution in [0.4, 0.5) is 5.69 Å². The minimum absolute atomic E-state index is 0.669. The van der Waals surface area contributed by atoms with Gasteiger partial charge in [-0.3, -0.25) is 0 Å². The van der Waals surface area contributed by atoms with Crippen LogP contribution in [0.25, 0.3) is 0 Å². The first kappa shape index (κ1) is 14.2. The van der Waals surface area contributed by atoms with E-state index in [-0.39, 0.29) is 0 Å². The molecule has 2 aromatic rings. The van der Waals surface area contributed by atoms with E-state index in [0.717, 1.165) is 23.2 Å². The van der Waals surface area contributed by atoms with Crippen LogP contribution in [0.1, 0.15) is 16.9 Å². The van der Waals surface area contributed by atoms with E-state index in [9.17, 15) is 0 Å². The summed E-state index contributed by atoms with van der Waals surface area (Å²) in [4.78, 5) is 2.20. The summed E-state index contributed by atoms with van der Waals surface area (Å²) in [6, 6.07) is 8.42. The van der Waals surface area contributed by atoms with Gasteiger partial charge in [0.25, 0.3) is 0 Å². The van der Waals surface area contributed by atoms with Gasteiger partial charge in [-0.1, -0.05) is 22.0 Å². The molecule has 1 aromatic heterocycles. The van der Waals surface area contributed by atoms with Crippen molar-refractivity contribution in [3.63, 3.8) is 0 Å². The summed E-state index contributed by atoms with van der Waals surface area (Å²) >= 11 is 3.61. The number of hydrogen-bond acceptors (Lipinski definition) is 3. The highest BCUT2D eigenvalue weighted by Gasteiger charge is 2.08. The second-order valence-electron chi connectivity index (χ2n) is 4.67. The monoisotopic (exact) mass is 322 g/mol. The van der Waals surface area contributed by atoms with Gasteiger partial charge >= 0.3 is 0 Å². The Morgan fingerprint density at radius 2 is 2.05 bits per heavy atom. The minimum atomic E-state index is 0.669. The molecular weight excluding hydrogens is 304 g/mol. The Hall–Kier alpha value is -1.26. The zero-order chi connectivity index (χ0) is 13.8. The van der Waals surface area contributed by atoms with Gasteiger partial charge in [-0.2, -0.15) is 0 Å². The average molecular weight is 323 g/mol. The lowest BCUT2D eigenvalue weighted by Crippen LogP contribution is -2.16. The molecule has 0 aliphatic heterocycles. The van der Waals surface area contributed by atoms with Gasteiger partial charge in [-0.25, -0.2) is 0 Å². The molecule has 0 spiro atoms. The first-order valence-corrected chi connectivity index (χ1v) is 7.13. The summed E-state index contributed by atoms with van der Waals surface area (Å²) in [5.74, 6) is 0.977. The molecule has 2 rings (SSSR count). The summed E-state index contributed by atoms with van der Waals surface area (Å²) in [5, 5.41) is 0. The maximum absolute atomic E-state index is 5.59. The van der Waals surface area contributed by atoms with Gasteiger partial charge in [-0.15, -0.1) is 0 Å². The third-order valence-corrected chi connectivity index (χ3v) is 4.00. The first-order valence-electron chi connectivity index (χ1n) is 6.34. The molecule has 0 saturated carbocycles. The van der Waals surface area contributed by atoms with Gasteiger partial charge in [0.2, 0.25) is 0 Å². The largest absolute Gasteiger partial charge is 0.469 e. The topological polar surface area (TPSA) is 42.4 Å². The van der Waals surface area contributed by atoms with Crippen molar-refractivity contribution in [3.05, 3.63) is 51.9 Å². The smallest absolute Gasteiger partial charge is 0.105 e. The predicted octanol–water partition coefficient (Wildman–Crippen LogP) is 3.49. The second kappa shape index (κ2) is 6.26. The minimum Gasteiger partial charge on any atom is -0.469 e. The van der Waals surface area contributed by atoms with Gasteiger partial charge in [0, 0.05) is 29.3 Å². The van der Waals surface area contributed by atoms with E-state index in [1.165, 1.54) is 16.8 Å². The van der Waals surface area contributed by atoms with Crippen LogP contribution >= 0.6 is 15.9 Å². The summed E-state index contributed by atoms with van der Waals surface area (Å²) in [5.41, 5.74) is 9.23. The molecule has 0 aliphatic carbocycles. The molecule has 4 heteroatoms. The highest BCUT2D eigenvalue weighted by atomic mass is 79.9. The van der Waals surface area contributed by atoms with Crippen molar-refractivity contribution < 1.29 is 4.42 Å². The Morgan fingerprint density at radius 3 is 2.63 bits per heavy atom. The van der Waals surface area contributed by atoms with Crippen molar-refractivity contribution in [2.24, 2.45) is 5.73 Å². The molecule has 19 heavy (non-hydrogen) atoms. The van der Waals surface area contributed by atoms with Crippen molar-refractivity contribution in [1.29, 1.82) is 0 Å². The summed E-state index contributed by atoms with van der Waals surface area (Å²) in [6.45, 7) is 3.50. The molecule has 0 aliphatic rings. The Kier molecular flexibility index (Phi) is 4.66. The number of hydrogen-bond donors (Lipinski definition) is 1. The van der Waals surface area contributed by atoms with E-state index in [2.05, 4.69) is 46.1 Å². The number of furan rings is 1. The molecule has 1 heterocycles. The molecule has 0 atom stereocenters. The maximum atomic E-state index is 5.59. The van der Waals surface area contributed by atoms with Crippen molar-refractivity contribution >= 4 is 21.6 Å². The van der Waals surface area contributed by atoms with E-state index in [4.69, 9.17) is 10.2 Å².